The predicted octanol–water partition coefficient (Wildman–Crippen LogP) is 2.80. The second-order valence-corrected chi connectivity index (χ2v) is 8.89. The van der Waals surface area contributed by atoms with Crippen LogP contribution in [0, 0.1) is 0 Å². The quantitative estimate of drug-likeness (QED) is 0.460. The maximum Gasteiger partial charge on any atom is 0.254 e. The number of carbonyl (C=O) groups is 1. The van der Waals surface area contributed by atoms with Gasteiger partial charge in [0.15, 0.2) is 17.3 Å². The smallest absolute Gasteiger partial charge is 0.254 e. The molecule has 0 radical (unpaired) electrons. The molecule has 2 aromatic heterocycles. The number of nitrogens with one attached hydrogen (secondary N) is 1. The van der Waals surface area contributed by atoms with Crippen molar-refractivity contribution in [1.82, 2.24) is 24.8 Å². The molecule has 0 atom stereocenters. The lowest BCUT2D eigenvalue weighted by Gasteiger charge is -2.28. The summed E-state index contributed by atoms with van der Waals surface area (Å²) in [6.07, 6.45) is 5.87. The Morgan fingerprint density at radius 2 is 1.67 bits per heavy atom. The predicted molar refractivity (Wildman–Crippen MR) is 145 cm³/mol. The van der Waals surface area contributed by atoms with E-state index in [1.165, 1.54) is 0 Å². The Labute approximate surface area is 226 Å². The van der Waals surface area contributed by atoms with Gasteiger partial charge in [-0.05, 0) is 24.1 Å². The van der Waals surface area contributed by atoms with Crippen LogP contribution in [0.25, 0.3) is 5.57 Å². The van der Waals surface area contributed by atoms with E-state index in [2.05, 4.69) is 15.2 Å². The zero-order chi connectivity index (χ0) is 27.2. The number of benzene rings is 1. The molecule has 12 heteroatoms. The van der Waals surface area contributed by atoms with Crippen LogP contribution in [0.5, 0.6) is 17.2 Å². The van der Waals surface area contributed by atoms with Gasteiger partial charge in [-0.1, -0.05) is 6.08 Å². The molecule has 0 bridgehead atoms. The van der Waals surface area contributed by atoms with Gasteiger partial charge in [0.25, 0.3) is 5.91 Å². The number of aromatic nitrogens is 4. The SMILES string of the molecule is COc1cc(Nc2nc(C3=CCN(C(=O)c4ccncc4)CC3)nc(N3CCOCC3)n2)cc(OC)c1OC. The summed E-state index contributed by atoms with van der Waals surface area (Å²) in [7, 11) is 4.69. The van der Waals surface area contributed by atoms with Crippen LogP contribution in [-0.4, -0.2) is 91.5 Å². The minimum atomic E-state index is -0.0258. The highest BCUT2D eigenvalue weighted by Gasteiger charge is 2.23. The Morgan fingerprint density at radius 1 is 0.949 bits per heavy atom. The van der Waals surface area contributed by atoms with Gasteiger partial charge in [0.1, 0.15) is 0 Å². The van der Waals surface area contributed by atoms with Crippen LogP contribution in [0.15, 0.2) is 42.7 Å². The number of morpholine rings is 1. The van der Waals surface area contributed by atoms with E-state index in [1.807, 2.05) is 6.08 Å². The fourth-order valence-corrected chi connectivity index (χ4v) is 4.49. The first kappa shape index (κ1) is 26.2. The highest BCUT2D eigenvalue weighted by molar-refractivity contribution is 5.94. The molecule has 2 aliphatic heterocycles. The van der Waals surface area contributed by atoms with Gasteiger partial charge in [-0.2, -0.15) is 15.0 Å². The molecule has 3 aromatic rings. The summed E-state index contributed by atoms with van der Waals surface area (Å²) in [5.74, 6) is 3.00. The summed E-state index contributed by atoms with van der Waals surface area (Å²) in [4.78, 5) is 35.0. The van der Waals surface area contributed by atoms with E-state index in [0.29, 0.717) is 92.0 Å². The Kier molecular flexibility index (Phi) is 8.02. The van der Waals surface area contributed by atoms with Crippen LogP contribution < -0.4 is 24.4 Å². The van der Waals surface area contributed by atoms with Crippen molar-refractivity contribution in [3.8, 4) is 17.2 Å². The van der Waals surface area contributed by atoms with Gasteiger partial charge in [0.2, 0.25) is 17.6 Å². The molecule has 2 aliphatic rings. The minimum absolute atomic E-state index is 0.0258. The number of amides is 1. The molecule has 12 nitrogen and oxygen atoms in total. The highest BCUT2D eigenvalue weighted by Crippen LogP contribution is 2.40. The van der Waals surface area contributed by atoms with E-state index >= 15 is 0 Å². The summed E-state index contributed by atoms with van der Waals surface area (Å²) in [5.41, 5.74) is 2.24. The molecule has 1 fully saturated rings. The first-order valence-corrected chi connectivity index (χ1v) is 12.6. The standard InChI is InChI=1S/C27H31N7O5/c1-36-21-16-20(17-22(37-2)23(21)38-3)29-26-30-24(31-27(32-26)34-12-14-39-15-13-34)18-6-10-33(11-7-18)25(35)19-4-8-28-9-5-19/h4-6,8-9,16-17H,7,10-15H2,1-3H3,(H,29,30,31,32). The van der Waals surface area contributed by atoms with Gasteiger partial charge in [-0.3, -0.25) is 9.78 Å². The number of carbonyl (C=O) groups excluding carboxylic acids is 1. The monoisotopic (exact) mass is 533 g/mol. The lowest BCUT2D eigenvalue weighted by Crippen LogP contribution is -2.38. The van der Waals surface area contributed by atoms with Gasteiger partial charge in [0, 0.05) is 62.0 Å². The molecule has 1 N–H and O–H groups in total. The highest BCUT2D eigenvalue weighted by atomic mass is 16.5. The van der Waals surface area contributed by atoms with Crippen molar-refractivity contribution in [2.45, 2.75) is 6.42 Å². The van der Waals surface area contributed by atoms with Crippen molar-refractivity contribution in [3.63, 3.8) is 0 Å². The fourth-order valence-electron chi connectivity index (χ4n) is 4.49. The topological polar surface area (TPSA) is 124 Å². The number of methoxy groups -OCH3 is 3. The molecule has 1 amide bonds. The maximum atomic E-state index is 12.9. The van der Waals surface area contributed by atoms with Crippen LogP contribution in [0.3, 0.4) is 0 Å². The lowest BCUT2D eigenvalue weighted by molar-refractivity contribution is 0.0772. The van der Waals surface area contributed by atoms with Gasteiger partial charge < -0.3 is 34.1 Å². The average molecular weight is 534 g/mol. The summed E-state index contributed by atoms with van der Waals surface area (Å²) in [6, 6.07) is 7.04. The van der Waals surface area contributed by atoms with Gasteiger partial charge in [-0.15, -0.1) is 0 Å². The molecule has 39 heavy (non-hydrogen) atoms. The van der Waals surface area contributed by atoms with Crippen molar-refractivity contribution >= 4 is 29.1 Å². The number of nitrogens with zero attached hydrogens (tertiary/aromatic N) is 6. The molecular formula is C27H31N7O5. The summed E-state index contributed by atoms with van der Waals surface area (Å²) >= 11 is 0. The Balaban J connectivity index is 1.44. The lowest BCUT2D eigenvalue weighted by atomic mass is 10.1. The van der Waals surface area contributed by atoms with Crippen molar-refractivity contribution in [1.29, 1.82) is 0 Å². The van der Waals surface area contributed by atoms with Crippen molar-refractivity contribution in [2.75, 3.05) is 70.9 Å². The average Bonchev–Trinajstić information content (AvgIpc) is 3.01. The third-order valence-electron chi connectivity index (χ3n) is 6.55. The van der Waals surface area contributed by atoms with E-state index in [9.17, 15) is 4.79 Å². The first-order valence-electron chi connectivity index (χ1n) is 12.6. The van der Waals surface area contributed by atoms with E-state index in [4.69, 9.17) is 33.9 Å². The van der Waals surface area contributed by atoms with Crippen LogP contribution >= 0.6 is 0 Å². The Morgan fingerprint density at radius 3 is 2.28 bits per heavy atom. The molecule has 5 rings (SSSR count). The van der Waals surface area contributed by atoms with Crippen molar-refractivity contribution < 1.29 is 23.7 Å². The zero-order valence-corrected chi connectivity index (χ0v) is 22.2. The van der Waals surface area contributed by atoms with Crippen LogP contribution in [0.1, 0.15) is 22.6 Å². The van der Waals surface area contributed by atoms with Crippen molar-refractivity contribution in [3.05, 3.63) is 54.1 Å². The molecule has 0 spiro atoms. The Bertz CT molecular complexity index is 1320. The maximum absolute atomic E-state index is 12.9. The first-order chi connectivity index (χ1) is 19.1. The number of rotatable bonds is 8. The third kappa shape index (κ3) is 5.85. The van der Waals surface area contributed by atoms with E-state index in [1.54, 1.807) is 62.9 Å². The van der Waals surface area contributed by atoms with E-state index in [0.717, 1.165) is 5.57 Å². The fraction of sp³-hybridized carbons (Fsp3) is 0.370. The molecule has 4 heterocycles. The second-order valence-electron chi connectivity index (χ2n) is 8.89. The second kappa shape index (κ2) is 11.9. The normalized spacial score (nSPS) is 15.4. The summed E-state index contributed by atoms with van der Waals surface area (Å²) < 4.78 is 21.9. The van der Waals surface area contributed by atoms with E-state index < -0.39 is 0 Å². The largest absolute Gasteiger partial charge is 0.493 e. The van der Waals surface area contributed by atoms with Gasteiger partial charge in [-0.25, -0.2) is 0 Å². The molecule has 1 saturated heterocycles. The number of hydrogen-bond acceptors (Lipinski definition) is 11. The molecule has 0 unspecified atom stereocenters. The molecule has 0 aliphatic carbocycles. The number of ether oxygens (including phenoxy) is 4. The zero-order valence-electron chi connectivity index (χ0n) is 22.2. The Hall–Kier alpha value is -4.45. The summed E-state index contributed by atoms with van der Waals surface area (Å²) in [6.45, 7) is 3.59. The van der Waals surface area contributed by atoms with Crippen molar-refractivity contribution in [2.24, 2.45) is 0 Å². The van der Waals surface area contributed by atoms with Crippen LogP contribution in [0.2, 0.25) is 0 Å². The number of hydrogen-bond donors (Lipinski definition) is 1. The molecule has 0 saturated carbocycles. The van der Waals surface area contributed by atoms with Crippen LogP contribution in [-0.2, 0) is 4.74 Å². The number of pyridine rings is 1. The number of anilines is 3. The van der Waals surface area contributed by atoms with Gasteiger partial charge >= 0.3 is 0 Å². The summed E-state index contributed by atoms with van der Waals surface area (Å²) in [5, 5.41) is 3.28. The van der Waals surface area contributed by atoms with Crippen LogP contribution in [0.4, 0.5) is 17.6 Å². The van der Waals surface area contributed by atoms with E-state index in [-0.39, 0.29) is 5.91 Å². The van der Waals surface area contributed by atoms with Gasteiger partial charge in [0.05, 0.1) is 34.5 Å². The molecule has 204 valence electrons. The molecule has 1 aromatic carbocycles. The third-order valence-corrected chi connectivity index (χ3v) is 6.55. The minimum Gasteiger partial charge on any atom is -0.493 e. The molecular weight excluding hydrogens is 502 g/mol.